The topological polar surface area (TPSA) is 70.2 Å². The summed E-state index contributed by atoms with van der Waals surface area (Å²) in [6, 6.07) is 1.81. The van der Waals surface area contributed by atoms with E-state index in [4.69, 9.17) is 0 Å². The minimum absolute atomic E-state index is 0.0229. The number of amides is 1. The third-order valence-electron chi connectivity index (χ3n) is 2.21. The first-order valence-electron chi connectivity index (χ1n) is 5.10. The average molecular weight is 223 g/mol. The Labute approximate surface area is 95.1 Å². The van der Waals surface area contributed by atoms with E-state index in [0.29, 0.717) is 18.9 Å². The highest BCUT2D eigenvalue weighted by molar-refractivity contribution is 5.76. The predicted octanol–water partition coefficient (Wildman–Crippen LogP) is 0.0906. The van der Waals surface area contributed by atoms with Crippen LogP contribution in [-0.2, 0) is 4.79 Å². The van der Waals surface area contributed by atoms with Crippen molar-refractivity contribution < 1.29 is 4.79 Å². The molecule has 0 atom stereocenters. The Morgan fingerprint density at radius 3 is 2.88 bits per heavy atom. The van der Waals surface area contributed by atoms with Crippen molar-refractivity contribution in [3.63, 3.8) is 0 Å². The van der Waals surface area contributed by atoms with E-state index in [1.165, 1.54) is 0 Å². The van der Waals surface area contributed by atoms with Crippen LogP contribution in [0, 0.1) is 0 Å². The van der Waals surface area contributed by atoms with E-state index in [0.717, 1.165) is 5.82 Å². The van der Waals surface area contributed by atoms with Crippen molar-refractivity contribution in [2.45, 2.75) is 6.42 Å². The van der Waals surface area contributed by atoms with Crippen molar-refractivity contribution in [3.05, 3.63) is 12.3 Å². The Morgan fingerprint density at radius 1 is 1.50 bits per heavy atom. The van der Waals surface area contributed by atoms with Crippen molar-refractivity contribution in [1.82, 2.24) is 15.3 Å². The van der Waals surface area contributed by atoms with Gasteiger partial charge in [0.1, 0.15) is 5.82 Å². The normalized spacial score (nSPS) is 9.69. The molecule has 0 unspecified atom stereocenters. The van der Waals surface area contributed by atoms with Crippen LogP contribution in [0.3, 0.4) is 0 Å². The van der Waals surface area contributed by atoms with Gasteiger partial charge in [-0.05, 0) is 6.07 Å². The van der Waals surface area contributed by atoms with Crippen molar-refractivity contribution in [2.75, 3.05) is 37.9 Å². The third kappa shape index (κ3) is 3.38. The second-order valence-electron chi connectivity index (χ2n) is 3.33. The fourth-order valence-corrected chi connectivity index (χ4v) is 1.19. The summed E-state index contributed by atoms with van der Waals surface area (Å²) in [6.45, 7) is 0.625. The molecule has 1 amide bonds. The maximum absolute atomic E-state index is 11.1. The summed E-state index contributed by atoms with van der Waals surface area (Å²) in [4.78, 5) is 21.3. The van der Waals surface area contributed by atoms with Gasteiger partial charge in [-0.25, -0.2) is 4.98 Å². The lowest BCUT2D eigenvalue weighted by atomic mass is 10.3. The summed E-state index contributed by atoms with van der Waals surface area (Å²) in [5.41, 5.74) is 0. The number of hydrogen-bond donors (Lipinski definition) is 2. The van der Waals surface area contributed by atoms with Gasteiger partial charge in [0, 0.05) is 40.3 Å². The Hall–Kier alpha value is -1.85. The molecule has 6 heteroatoms. The van der Waals surface area contributed by atoms with E-state index in [1.54, 1.807) is 20.3 Å². The number of carbonyl (C=O) groups excluding carboxylic acids is 1. The number of rotatable bonds is 5. The zero-order valence-corrected chi connectivity index (χ0v) is 9.82. The summed E-state index contributed by atoms with van der Waals surface area (Å²) < 4.78 is 0. The highest BCUT2D eigenvalue weighted by atomic mass is 16.1. The van der Waals surface area contributed by atoms with Crippen molar-refractivity contribution in [2.24, 2.45) is 0 Å². The van der Waals surface area contributed by atoms with E-state index >= 15 is 0 Å². The van der Waals surface area contributed by atoms with Crippen molar-refractivity contribution >= 4 is 17.7 Å². The Morgan fingerprint density at radius 2 is 2.25 bits per heavy atom. The van der Waals surface area contributed by atoms with E-state index in [2.05, 4.69) is 20.6 Å². The smallest absolute Gasteiger partial charge is 0.224 e. The second kappa shape index (κ2) is 5.89. The molecular formula is C10H17N5O. The summed E-state index contributed by atoms with van der Waals surface area (Å²) in [7, 11) is 5.29. The van der Waals surface area contributed by atoms with Crippen LogP contribution in [0.2, 0.25) is 0 Å². The molecule has 0 saturated carbocycles. The number of carbonyl (C=O) groups is 1. The molecule has 0 aliphatic rings. The molecule has 0 saturated heterocycles. The molecule has 6 nitrogen and oxygen atoms in total. The zero-order valence-electron chi connectivity index (χ0n) is 9.82. The summed E-state index contributed by atoms with van der Waals surface area (Å²) >= 11 is 0. The van der Waals surface area contributed by atoms with Gasteiger partial charge in [0.15, 0.2) is 0 Å². The fraction of sp³-hybridized carbons (Fsp3) is 0.500. The fourth-order valence-electron chi connectivity index (χ4n) is 1.19. The molecule has 1 aromatic heterocycles. The van der Waals surface area contributed by atoms with E-state index in [-0.39, 0.29) is 5.91 Å². The van der Waals surface area contributed by atoms with Gasteiger partial charge in [-0.1, -0.05) is 0 Å². The molecule has 2 N–H and O–H groups in total. The molecule has 0 bridgehead atoms. The van der Waals surface area contributed by atoms with Gasteiger partial charge in [-0.2, -0.15) is 4.98 Å². The van der Waals surface area contributed by atoms with Crippen LogP contribution in [0.1, 0.15) is 6.42 Å². The molecule has 1 aromatic rings. The highest BCUT2D eigenvalue weighted by Crippen LogP contribution is 2.09. The number of nitrogens with zero attached hydrogens (tertiary/aromatic N) is 3. The Bertz CT molecular complexity index is 355. The maximum atomic E-state index is 11.1. The summed E-state index contributed by atoms with van der Waals surface area (Å²) in [5, 5.41) is 5.45. The lowest BCUT2D eigenvalue weighted by Crippen LogP contribution is -2.27. The van der Waals surface area contributed by atoms with Crippen LogP contribution in [0.4, 0.5) is 11.8 Å². The monoisotopic (exact) mass is 223 g/mol. The predicted molar refractivity (Wildman–Crippen MR) is 63.5 cm³/mol. The minimum atomic E-state index is 0.0229. The first kappa shape index (κ1) is 12.2. The SMILES string of the molecule is CNC(=O)CCN(C)c1ccnc(NC)n1. The van der Waals surface area contributed by atoms with Gasteiger partial charge in [0.05, 0.1) is 0 Å². The quantitative estimate of drug-likeness (QED) is 0.740. The van der Waals surface area contributed by atoms with Crippen LogP contribution in [0.25, 0.3) is 0 Å². The van der Waals surface area contributed by atoms with Crippen molar-refractivity contribution in [3.8, 4) is 0 Å². The number of nitrogens with one attached hydrogen (secondary N) is 2. The summed E-state index contributed by atoms with van der Waals surface area (Å²) in [5.74, 6) is 1.39. The van der Waals surface area contributed by atoms with Gasteiger partial charge in [0.2, 0.25) is 11.9 Å². The van der Waals surface area contributed by atoms with Gasteiger partial charge in [-0.3, -0.25) is 4.79 Å². The molecule has 0 aromatic carbocycles. The average Bonchev–Trinajstić information content (AvgIpc) is 2.35. The third-order valence-corrected chi connectivity index (χ3v) is 2.21. The second-order valence-corrected chi connectivity index (χ2v) is 3.33. The largest absolute Gasteiger partial charge is 0.359 e. The Kier molecular flexibility index (Phi) is 4.50. The van der Waals surface area contributed by atoms with Crippen LogP contribution < -0.4 is 15.5 Å². The summed E-state index contributed by atoms with van der Waals surface area (Å²) in [6.07, 6.45) is 2.14. The number of hydrogen-bond acceptors (Lipinski definition) is 5. The standard InChI is InChI=1S/C10H17N5O/c1-11-9(16)5-7-15(3)8-4-6-13-10(12-2)14-8/h4,6H,5,7H2,1-3H3,(H,11,16)(H,12,13,14). The first-order valence-corrected chi connectivity index (χ1v) is 5.10. The molecular weight excluding hydrogens is 206 g/mol. The van der Waals surface area contributed by atoms with E-state index in [1.807, 2.05) is 18.0 Å². The number of aromatic nitrogens is 2. The maximum Gasteiger partial charge on any atom is 0.224 e. The molecule has 0 fully saturated rings. The molecule has 1 heterocycles. The molecule has 16 heavy (non-hydrogen) atoms. The lowest BCUT2D eigenvalue weighted by Gasteiger charge is -2.17. The van der Waals surface area contributed by atoms with Crippen molar-refractivity contribution in [1.29, 1.82) is 0 Å². The lowest BCUT2D eigenvalue weighted by molar-refractivity contribution is -0.120. The van der Waals surface area contributed by atoms with Gasteiger partial charge < -0.3 is 15.5 Å². The molecule has 0 spiro atoms. The van der Waals surface area contributed by atoms with Gasteiger partial charge in [-0.15, -0.1) is 0 Å². The Balaban J connectivity index is 2.58. The highest BCUT2D eigenvalue weighted by Gasteiger charge is 2.05. The van der Waals surface area contributed by atoms with Gasteiger partial charge in [0.25, 0.3) is 0 Å². The van der Waals surface area contributed by atoms with E-state index in [9.17, 15) is 4.79 Å². The van der Waals surface area contributed by atoms with Crippen LogP contribution in [-0.4, -0.2) is 43.6 Å². The molecule has 0 aliphatic heterocycles. The van der Waals surface area contributed by atoms with Gasteiger partial charge >= 0.3 is 0 Å². The van der Waals surface area contributed by atoms with E-state index < -0.39 is 0 Å². The molecule has 1 rings (SSSR count). The number of anilines is 2. The zero-order chi connectivity index (χ0) is 12.0. The molecule has 0 aliphatic carbocycles. The molecule has 0 radical (unpaired) electrons. The van der Waals surface area contributed by atoms with Crippen LogP contribution in [0.5, 0.6) is 0 Å². The first-order chi connectivity index (χ1) is 7.67. The molecule has 88 valence electrons. The van der Waals surface area contributed by atoms with Crippen LogP contribution in [0.15, 0.2) is 12.3 Å². The van der Waals surface area contributed by atoms with Crippen LogP contribution >= 0.6 is 0 Å². The minimum Gasteiger partial charge on any atom is -0.359 e.